The molecule has 6 heteroatoms. The Morgan fingerprint density at radius 3 is 2.84 bits per heavy atom. The summed E-state index contributed by atoms with van der Waals surface area (Å²) in [6.45, 7) is 1.29. The molecule has 1 amide bonds. The second-order valence-corrected chi connectivity index (χ2v) is 8.84. The maximum absolute atomic E-state index is 13.4. The minimum Gasteiger partial charge on any atom is -0.497 e. The number of fused-ring (bicyclic) bond motifs is 2. The van der Waals surface area contributed by atoms with E-state index in [1.807, 2.05) is 41.3 Å². The molecule has 0 aliphatic carbocycles. The quantitative estimate of drug-likeness (QED) is 0.420. The molecule has 1 unspecified atom stereocenters. The minimum absolute atomic E-state index is 0.0387. The van der Waals surface area contributed by atoms with E-state index in [1.165, 1.54) is 16.7 Å². The highest BCUT2D eigenvalue weighted by Gasteiger charge is 2.26. The highest BCUT2D eigenvalue weighted by atomic mass is 32.1. The van der Waals surface area contributed by atoms with E-state index in [9.17, 15) is 4.79 Å². The number of anilines is 1. The summed E-state index contributed by atoms with van der Waals surface area (Å²) >= 11 is 1.52. The zero-order valence-electron chi connectivity index (χ0n) is 17.4. The van der Waals surface area contributed by atoms with Crippen LogP contribution in [0.1, 0.15) is 18.4 Å². The third-order valence-corrected chi connectivity index (χ3v) is 6.74. The van der Waals surface area contributed by atoms with Crippen molar-refractivity contribution in [1.82, 2.24) is 4.98 Å². The van der Waals surface area contributed by atoms with Crippen molar-refractivity contribution in [1.29, 1.82) is 0 Å². The van der Waals surface area contributed by atoms with Gasteiger partial charge < -0.3 is 9.47 Å². The molecule has 1 aliphatic rings. The zero-order chi connectivity index (χ0) is 21.2. The van der Waals surface area contributed by atoms with Gasteiger partial charge in [-0.15, -0.1) is 0 Å². The van der Waals surface area contributed by atoms with E-state index < -0.39 is 0 Å². The van der Waals surface area contributed by atoms with Gasteiger partial charge in [-0.25, -0.2) is 4.98 Å². The molecule has 158 valence electrons. The van der Waals surface area contributed by atoms with E-state index in [0.29, 0.717) is 18.1 Å². The molecular weight excluding hydrogens is 408 g/mol. The number of carbonyl (C=O) groups excluding carboxylic acids is 1. The number of amides is 1. The Labute approximate surface area is 185 Å². The van der Waals surface area contributed by atoms with Gasteiger partial charge >= 0.3 is 0 Å². The molecule has 31 heavy (non-hydrogen) atoms. The molecule has 2 heterocycles. The van der Waals surface area contributed by atoms with E-state index >= 15 is 0 Å². The first-order chi connectivity index (χ1) is 15.2. The normalized spacial score (nSPS) is 16.1. The molecule has 0 radical (unpaired) electrons. The van der Waals surface area contributed by atoms with Gasteiger partial charge in [0.15, 0.2) is 5.13 Å². The van der Waals surface area contributed by atoms with Crippen LogP contribution in [0.3, 0.4) is 0 Å². The van der Waals surface area contributed by atoms with Crippen molar-refractivity contribution in [2.24, 2.45) is 0 Å². The second kappa shape index (κ2) is 8.65. The Balaban J connectivity index is 1.45. The van der Waals surface area contributed by atoms with Gasteiger partial charge in [0.25, 0.3) is 0 Å². The molecule has 1 atom stereocenters. The lowest BCUT2D eigenvalue weighted by Crippen LogP contribution is -2.38. The summed E-state index contributed by atoms with van der Waals surface area (Å²) in [6.07, 6.45) is 2.39. The van der Waals surface area contributed by atoms with Gasteiger partial charge in [0.05, 0.1) is 36.4 Å². The van der Waals surface area contributed by atoms with Crippen LogP contribution in [0.25, 0.3) is 21.0 Å². The van der Waals surface area contributed by atoms with Crippen LogP contribution in [-0.4, -0.2) is 37.3 Å². The fourth-order valence-electron chi connectivity index (χ4n) is 4.03. The molecule has 1 aliphatic heterocycles. The van der Waals surface area contributed by atoms with Crippen LogP contribution >= 0.6 is 11.3 Å². The summed E-state index contributed by atoms with van der Waals surface area (Å²) in [5.41, 5.74) is 1.88. The van der Waals surface area contributed by atoms with Gasteiger partial charge in [0.1, 0.15) is 5.75 Å². The standard InChI is InChI=1S/C25H24N2O3S/c1-29-20-10-11-22-23(15-20)31-25(26-22)27(16-21-7-4-12-30-21)24(28)14-17-8-9-18-5-2-3-6-19(18)13-17/h2-3,5-6,8-11,13,15,21H,4,7,12,14,16H2,1H3. The maximum Gasteiger partial charge on any atom is 0.233 e. The molecule has 0 saturated carbocycles. The van der Waals surface area contributed by atoms with Crippen LogP contribution in [0.2, 0.25) is 0 Å². The van der Waals surface area contributed by atoms with Crippen LogP contribution < -0.4 is 9.64 Å². The molecule has 5 rings (SSSR count). The fourth-order valence-corrected chi connectivity index (χ4v) is 5.05. The van der Waals surface area contributed by atoms with Crippen LogP contribution in [0.4, 0.5) is 5.13 Å². The number of nitrogens with zero attached hydrogens (tertiary/aromatic N) is 2. The Morgan fingerprint density at radius 1 is 1.16 bits per heavy atom. The van der Waals surface area contributed by atoms with Crippen LogP contribution in [-0.2, 0) is 16.0 Å². The maximum atomic E-state index is 13.4. The smallest absolute Gasteiger partial charge is 0.233 e. The number of hydrogen-bond donors (Lipinski definition) is 0. The van der Waals surface area contributed by atoms with Gasteiger partial charge in [-0.05, 0) is 47.4 Å². The Morgan fingerprint density at radius 2 is 2.03 bits per heavy atom. The van der Waals surface area contributed by atoms with Crippen LogP contribution in [0.15, 0.2) is 60.7 Å². The summed E-state index contributed by atoms with van der Waals surface area (Å²) < 4.78 is 12.2. The number of thiazole rings is 1. The molecule has 4 aromatic rings. The molecule has 1 fully saturated rings. The predicted octanol–water partition coefficient (Wildman–Crippen LogP) is 5.21. The first-order valence-corrected chi connectivity index (χ1v) is 11.4. The average molecular weight is 433 g/mol. The molecule has 3 aromatic carbocycles. The summed E-state index contributed by atoms with van der Waals surface area (Å²) in [7, 11) is 1.65. The zero-order valence-corrected chi connectivity index (χ0v) is 18.2. The highest BCUT2D eigenvalue weighted by Crippen LogP contribution is 2.32. The molecule has 0 spiro atoms. The highest BCUT2D eigenvalue weighted by molar-refractivity contribution is 7.22. The van der Waals surface area contributed by atoms with E-state index in [4.69, 9.17) is 14.5 Å². The molecule has 5 nitrogen and oxygen atoms in total. The number of rotatable bonds is 6. The van der Waals surface area contributed by atoms with Crippen molar-refractivity contribution in [2.75, 3.05) is 25.2 Å². The Bertz CT molecular complexity index is 1230. The van der Waals surface area contributed by atoms with E-state index in [0.717, 1.165) is 46.4 Å². The van der Waals surface area contributed by atoms with Gasteiger partial charge in [0.2, 0.25) is 5.91 Å². The SMILES string of the molecule is COc1ccc2nc(N(CC3CCCO3)C(=O)Cc3ccc4ccccc4c3)sc2c1. The minimum atomic E-state index is 0.0387. The van der Waals surface area contributed by atoms with E-state index in [2.05, 4.69) is 24.3 Å². The number of methoxy groups -OCH3 is 1. The first kappa shape index (κ1) is 20.0. The molecule has 1 saturated heterocycles. The lowest BCUT2D eigenvalue weighted by molar-refractivity contribution is -0.118. The topological polar surface area (TPSA) is 51.7 Å². The molecule has 1 aromatic heterocycles. The number of benzene rings is 3. The van der Waals surface area contributed by atoms with Crippen LogP contribution in [0.5, 0.6) is 5.75 Å². The summed E-state index contributed by atoms with van der Waals surface area (Å²) in [6, 6.07) is 20.2. The summed E-state index contributed by atoms with van der Waals surface area (Å²) in [4.78, 5) is 20.0. The van der Waals surface area contributed by atoms with E-state index in [-0.39, 0.29) is 12.0 Å². The second-order valence-electron chi connectivity index (χ2n) is 7.83. The van der Waals surface area contributed by atoms with Crippen molar-refractivity contribution in [3.05, 3.63) is 66.2 Å². The Hall–Kier alpha value is -2.96. The van der Waals surface area contributed by atoms with Crippen molar-refractivity contribution < 1.29 is 14.3 Å². The lowest BCUT2D eigenvalue weighted by Gasteiger charge is -2.23. The lowest BCUT2D eigenvalue weighted by atomic mass is 10.0. The monoisotopic (exact) mass is 432 g/mol. The number of carbonyl (C=O) groups is 1. The van der Waals surface area contributed by atoms with Crippen molar-refractivity contribution in [2.45, 2.75) is 25.4 Å². The third kappa shape index (κ3) is 4.27. The van der Waals surface area contributed by atoms with E-state index in [1.54, 1.807) is 7.11 Å². The molecular formula is C25H24N2O3S. The first-order valence-electron chi connectivity index (χ1n) is 10.5. The number of ether oxygens (including phenoxy) is 2. The summed E-state index contributed by atoms with van der Waals surface area (Å²) in [5, 5.41) is 3.03. The van der Waals surface area contributed by atoms with Gasteiger partial charge in [-0.3, -0.25) is 9.69 Å². The van der Waals surface area contributed by atoms with Gasteiger partial charge in [-0.1, -0.05) is 53.8 Å². The average Bonchev–Trinajstić information content (AvgIpc) is 3.46. The van der Waals surface area contributed by atoms with Crippen LogP contribution in [0, 0.1) is 0 Å². The summed E-state index contributed by atoms with van der Waals surface area (Å²) in [5.74, 6) is 0.827. The third-order valence-electron chi connectivity index (χ3n) is 5.70. The van der Waals surface area contributed by atoms with Gasteiger partial charge in [0, 0.05) is 6.61 Å². The Kier molecular flexibility index (Phi) is 5.57. The van der Waals surface area contributed by atoms with Gasteiger partial charge in [-0.2, -0.15) is 0 Å². The predicted molar refractivity (Wildman–Crippen MR) is 125 cm³/mol. The van der Waals surface area contributed by atoms with Crippen molar-refractivity contribution in [3.63, 3.8) is 0 Å². The number of aromatic nitrogens is 1. The molecule has 0 bridgehead atoms. The molecule has 0 N–H and O–H groups in total. The van der Waals surface area contributed by atoms with Crippen molar-refractivity contribution >= 4 is 43.4 Å². The largest absolute Gasteiger partial charge is 0.497 e. The fraction of sp³-hybridized carbons (Fsp3) is 0.280. The van der Waals surface area contributed by atoms with Crippen molar-refractivity contribution in [3.8, 4) is 5.75 Å². The number of hydrogen-bond acceptors (Lipinski definition) is 5.